The highest BCUT2D eigenvalue weighted by atomic mass is 35.5. The number of alkyl halides is 1. The normalized spacial score (nSPS) is 13.3. The summed E-state index contributed by atoms with van der Waals surface area (Å²) in [5.41, 5.74) is 0. The van der Waals surface area contributed by atoms with Crippen molar-refractivity contribution in [2.45, 2.75) is 29.4 Å². The molecule has 1 aromatic heterocycles. The molecule has 1 rings (SSSR count). The van der Waals surface area contributed by atoms with Gasteiger partial charge in [-0.25, -0.2) is 0 Å². The van der Waals surface area contributed by atoms with Crippen LogP contribution in [-0.4, -0.2) is 4.71 Å². The van der Waals surface area contributed by atoms with Gasteiger partial charge in [0, 0.05) is 10.3 Å². The Morgan fingerprint density at radius 2 is 2.55 bits per heavy atom. The molecule has 0 bridgehead atoms. The van der Waals surface area contributed by atoms with Gasteiger partial charge in [-0.15, -0.1) is 23.4 Å². The fourth-order valence-corrected chi connectivity index (χ4v) is 3.07. The first-order valence-electron chi connectivity index (χ1n) is 3.66. The molecular weight excluding hydrogens is 196 g/mol. The monoisotopic (exact) mass is 206 g/mol. The summed E-state index contributed by atoms with van der Waals surface area (Å²) in [6.07, 6.45) is 2.24. The molecule has 0 spiro atoms. The summed E-state index contributed by atoms with van der Waals surface area (Å²) in [5, 5.41) is 4.22. The van der Waals surface area contributed by atoms with Crippen molar-refractivity contribution >= 4 is 34.7 Å². The number of hydrogen-bond acceptors (Lipinski definition) is 2. The highest BCUT2D eigenvalue weighted by Gasteiger charge is 2.04. The first-order chi connectivity index (χ1) is 5.33. The summed E-state index contributed by atoms with van der Waals surface area (Å²) in [4.78, 5) is 1.29. The average molecular weight is 207 g/mol. The molecule has 3 heteroatoms. The predicted molar refractivity (Wildman–Crippen MR) is 54.7 cm³/mol. The molecule has 1 heterocycles. The van der Waals surface area contributed by atoms with Crippen LogP contribution in [0.3, 0.4) is 0 Å². The number of hydrogen-bond donors (Lipinski definition) is 0. The predicted octanol–water partition coefficient (Wildman–Crippen LogP) is 4.21. The lowest BCUT2D eigenvalue weighted by atomic mass is 10.4. The van der Waals surface area contributed by atoms with Gasteiger partial charge in [0.25, 0.3) is 0 Å². The highest BCUT2D eigenvalue weighted by Crippen LogP contribution is 2.30. The fraction of sp³-hybridized carbons (Fsp3) is 0.500. The van der Waals surface area contributed by atoms with Crippen LogP contribution in [0.5, 0.6) is 0 Å². The maximum Gasteiger partial charge on any atom is 0.0836 e. The minimum atomic E-state index is 0.245. The van der Waals surface area contributed by atoms with Crippen LogP contribution in [0, 0.1) is 0 Å². The summed E-state index contributed by atoms with van der Waals surface area (Å²) in [7, 11) is 0. The molecule has 0 N–H and O–H groups in total. The van der Waals surface area contributed by atoms with E-state index in [0.29, 0.717) is 0 Å². The zero-order valence-electron chi connectivity index (χ0n) is 6.42. The molecule has 11 heavy (non-hydrogen) atoms. The van der Waals surface area contributed by atoms with Gasteiger partial charge in [0.15, 0.2) is 0 Å². The molecule has 1 unspecified atom stereocenters. The number of thioether (sulfide) groups is 1. The van der Waals surface area contributed by atoms with Gasteiger partial charge < -0.3 is 0 Å². The lowest BCUT2D eigenvalue weighted by Gasteiger charge is -2.04. The summed E-state index contributed by atoms with van der Waals surface area (Å²) >= 11 is 9.51. The van der Waals surface area contributed by atoms with Crippen molar-refractivity contribution in [1.29, 1.82) is 0 Å². The van der Waals surface area contributed by atoms with E-state index in [-0.39, 0.29) is 4.71 Å². The molecule has 62 valence electrons. The van der Waals surface area contributed by atoms with Gasteiger partial charge in [0.2, 0.25) is 0 Å². The van der Waals surface area contributed by atoms with Crippen molar-refractivity contribution in [3.05, 3.63) is 16.8 Å². The third-order valence-corrected chi connectivity index (χ3v) is 3.61. The van der Waals surface area contributed by atoms with Crippen molar-refractivity contribution in [2.75, 3.05) is 0 Å². The van der Waals surface area contributed by atoms with Crippen LogP contribution in [-0.2, 0) is 0 Å². The van der Waals surface area contributed by atoms with Crippen molar-refractivity contribution in [1.82, 2.24) is 0 Å². The summed E-state index contributed by atoms with van der Waals surface area (Å²) in [5.74, 6) is 0. The molecule has 0 fully saturated rings. The minimum Gasteiger partial charge on any atom is -0.151 e. The van der Waals surface area contributed by atoms with Gasteiger partial charge in [0.05, 0.1) is 4.71 Å². The largest absolute Gasteiger partial charge is 0.151 e. The Kier molecular flexibility index (Phi) is 4.34. The SMILES string of the molecule is CCCC(Cl)Sc1ccsc1. The molecule has 0 saturated heterocycles. The minimum absolute atomic E-state index is 0.245. The Labute approximate surface area is 81.0 Å². The topological polar surface area (TPSA) is 0 Å². The van der Waals surface area contributed by atoms with E-state index < -0.39 is 0 Å². The molecule has 0 aliphatic heterocycles. The van der Waals surface area contributed by atoms with Crippen molar-refractivity contribution in [2.24, 2.45) is 0 Å². The summed E-state index contributed by atoms with van der Waals surface area (Å²) in [6.45, 7) is 2.16. The number of thiophene rings is 1. The maximum absolute atomic E-state index is 6.04. The van der Waals surface area contributed by atoms with Crippen LogP contribution >= 0.6 is 34.7 Å². The quantitative estimate of drug-likeness (QED) is 0.526. The zero-order chi connectivity index (χ0) is 8.10. The van der Waals surface area contributed by atoms with Crippen LogP contribution in [0.1, 0.15) is 19.8 Å². The van der Waals surface area contributed by atoms with Gasteiger partial charge in [0.1, 0.15) is 0 Å². The van der Waals surface area contributed by atoms with Crippen molar-refractivity contribution in [3.63, 3.8) is 0 Å². The zero-order valence-corrected chi connectivity index (χ0v) is 8.81. The van der Waals surface area contributed by atoms with Crippen LogP contribution in [0.4, 0.5) is 0 Å². The van der Waals surface area contributed by atoms with Gasteiger partial charge in [-0.1, -0.05) is 13.3 Å². The molecule has 0 radical (unpaired) electrons. The van der Waals surface area contributed by atoms with E-state index in [0.717, 1.165) is 12.8 Å². The van der Waals surface area contributed by atoms with E-state index in [4.69, 9.17) is 11.6 Å². The molecule has 0 aromatic carbocycles. The van der Waals surface area contributed by atoms with Crippen molar-refractivity contribution < 1.29 is 0 Å². The molecule has 0 saturated carbocycles. The number of rotatable bonds is 4. The second kappa shape index (κ2) is 5.07. The van der Waals surface area contributed by atoms with Gasteiger partial charge in [-0.2, -0.15) is 11.3 Å². The lowest BCUT2D eigenvalue weighted by molar-refractivity contribution is 0.864. The summed E-state index contributed by atoms with van der Waals surface area (Å²) in [6, 6.07) is 2.11. The maximum atomic E-state index is 6.04. The van der Waals surface area contributed by atoms with Crippen molar-refractivity contribution in [3.8, 4) is 0 Å². The molecule has 0 nitrogen and oxygen atoms in total. The summed E-state index contributed by atoms with van der Waals surface area (Å²) < 4.78 is 0.245. The standard InChI is InChI=1S/C8H11ClS2/c1-2-3-8(9)11-7-4-5-10-6-7/h4-6,8H,2-3H2,1H3. The van der Waals surface area contributed by atoms with E-state index in [2.05, 4.69) is 23.8 Å². The second-order valence-electron chi connectivity index (χ2n) is 2.28. The highest BCUT2D eigenvalue weighted by molar-refractivity contribution is 8.01. The molecule has 1 aromatic rings. The first kappa shape index (κ1) is 9.43. The molecular formula is C8H11ClS2. The van der Waals surface area contributed by atoms with Crippen LogP contribution in [0.2, 0.25) is 0 Å². The molecule has 1 atom stereocenters. The van der Waals surface area contributed by atoms with E-state index >= 15 is 0 Å². The van der Waals surface area contributed by atoms with E-state index in [1.165, 1.54) is 4.90 Å². The molecule has 0 amide bonds. The smallest absolute Gasteiger partial charge is 0.0836 e. The van der Waals surface area contributed by atoms with Crippen LogP contribution in [0.25, 0.3) is 0 Å². The van der Waals surface area contributed by atoms with E-state index in [1.807, 2.05) is 0 Å². The Hall–Kier alpha value is 0.340. The molecule has 0 aliphatic rings. The van der Waals surface area contributed by atoms with E-state index in [9.17, 15) is 0 Å². The third-order valence-electron chi connectivity index (χ3n) is 1.27. The molecule has 0 aliphatic carbocycles. The van der Waals surface area contributed by atoms with Crippen LogP contribution < -0.4 is 0 Å². The Balaban J connectivity index is 2.31. The number of halogens is 1. The van der Waals surface area contributed by atoms with Gasteiger partial charge >= 0.3 is 0 Å². The lowest BCUT2D eigenvalue weighted by Crippen LogP contribution is -1.88. The Morgan fingerprint density at radius 1 is 1.73 bits per heavy atom. The second-order valence-corrected chi connectivity index (χ2v) is 5.12. The first-order valence-corrected chi connectivity index (χ1v) is 5.91. The Morgan fingerprint density at radius 3 is 3.09 bits per heavy atom. The van der Waals surface area contributed by atoms with E-state index in [1.54, 1.807) is 23.1 Å². The average Bonchev–Trinajstić information content (AvgIpc) is 2.40. The van der Waals surface area contributed by atoms with Gasteiger partial charge in [-0.3, -0.25) is 0 Å². The van der Waals surface area contributed by atoms with Crippen LogP contribution in [0.15, 0.2) is 21.7 Å². The fourth-order valence-electron chi connectivity index (χ4n) is 0.753. The van der Waals surface area contributed by atoms with Gasteiger partial charge in [-0.05, 0) is 17.9 Å². The Bertz CT molecular complexity index is 184. The third kappa shape index (κ3) is 3.50.